The van der Waals surface area contributed by atoms with E-state index in [2.05, 4.69) is 0 Å². The molecule has 6 nitrogen and oxygen atoms in total. The normalized spacial score (nSPS) is 12.6. The number of benzene rings is 4. The van der Waals surface area contributed by atoms with Gasteiger partial charge in [-0.05, 0) is 110 Å². The number of phenols is 2. The lowest BCUT2D eigenvalue weighted by Gasteiger charge is -2.17. The van der Waals surface area contributed by atoms with Crippen molar-refractivity contribution < 1.29 is 29.2 Å². The quantitative estimate of drug-likeness (QED) is 0.122. The van der Waals surface area contributed by atoms with Gasteiger partial charge >= 0.3 is 0 Å². The third-order valence-corrected chi connectivity index (χ3v) is 6.38. The Hall–Kier alpha value is -4.00. The van der Waals surface area contributed by atoms with Crippen LogP contribution in [0.5, 0.6) is 23.0 Å². The molecule has 2 N–H and O–H groups in total. The minimum absolute atomic E-state index is 0.277. The first-order valence-corrected chi connectivity index (χ1v) is 13.7. The highest BCUT2D eigenvalue weighted by molar-refractivity contribution is 5.35. The zero-order chi connectivity index (χ0) is 28.2. The van der Waals surface area contributed by atoms with Crippen LogP contribution >= 0.6 is 0 Å². The molecular weight excluding hydrogens is 504 g/mol. The largest absolute Gasteiger partial charge is 0.508 e. The smallest absolute Gasteiger partial charge is 0.196 e. The summed E-state index contributed by atoms with van der Waals surface area (Å²) in [6, 6.07) is 30.5. The molecule has 0 heterocycles. The Balaban J connectivity index is 1.06. The molecule has 4 aromatic rings. The molecule has 0 amide bonds. The summed E-state index contributed by atoms with van der Waals surface area (Å²) in [5.74, 6) is 2.09. The van der Waals surface area contributed by atoms with Gasteiger partial charge in [-0.25, -0.2) is 0 Å². The van der Waals surface area contributed by atoms with Crippen LogP contribution in [-0.4, -0.2) is 36.0 Å². The molecule has 0 saturated heterocycles. The average Bonchev–Trinajstić information content (AvgIpc) is 2.95. The molecule has 2 atom stereocenters. The van der Waals surface area contributed by atoms with Crippen molar-refractivity contribution in [3.05, 3.63) is 119 Å². The van der Waals surface area contributed by atoms with E-state index >= 15 is 0 Å². The van der Waals surface area contributed by atoms with Crippen molar-refractivity contribution in [2.45, 2.75) is 52.1 Å². The molecule has 4 rings (SSSR count). The van der Waals surface area contributed by atoms with Crippen molar-refractivity contribution >= 4 is 0 Å². The molecule has 0 spiro atoms. The molecule has 210 valence electrons. The van der Waals surface area contributed by atoms with E-state index in [4.69, 9.17) is 18.9 Å². The molecule has 6 heteroatoms. The van der Waals surface area contributed by atoms with Crippen LogP contribution < -0.4 is 9.47 Å². The molecular formula is C34H38O6. The van der Waals surface area contributed by atoms with E-state index in [0.717, 1.165) is 48.3 Å². The SMILES string of the molecule is CC(OCCCCOC(C)Oc1ccc(Cc2ccc(O)cc2)cc1)Oc1ccc(Cc2ccc(O)cc2)cc1. The lowest BCUT2D eigenvalue weighted by molar-refractivity contribution is -0.0804. The van der Waals surface area contributed by atoms with Gasteiger partial charge in [0.15, 0.2) is 12.6 Å². The lowest BCUT2D eigenvalue weighted by Crippen LogP contribution is -2.18. The third-order valence-electron chi connectivity index (χ3n) is 6.38. The van der Waals surface area contributed by atoms with Crippen LogP contribution in [0.15, 0.2) is 97.1 Å². The number of ether oxygens (including phenoxy) is 4. The molecule has 4 aromatic carbocycles. The van der Waals surface area contributed by atoms with Crippen LogP contribution in [-0.2, 0) is 22.3 Å². The number of rotatable bonds is 15. The highest BCUT2D eigenvalue weighted by Gasteiger charge is 2.07. The van der Waals surface area contributed by atoms with Crippen molar-refractivity contribution in [3.63, 3.8) is 0 Å². The maximum atomic E-state index is 9.42. The maximum Gasteiger partial charge on any atom is 0.196 e. The van der Waals surface area contributed by atoms with Crippen molar-refractivity contribution in [2.24, 2.45) is 0 Å². The van der Waals surface area contributed by atoms with Crippen LogP contribution in [0.4, 0.5) is 0 Å². The van der Waals surface area contributed by atoms with E-state index < -0.39 is 0 Å². The van der Waals surface area contributed by atoms with Crippen LogP contribution in [0.1, 0.15) is 48.9 Å². The molecule has 0 bridgehead atoms. The fourth-order valence-corrected chi connectivity index (χ4v) is 4.22. The minimum atomic E-state index is -0.344. The van der Waals surface area contributed by atoms with E-state index in [1.165, 1.54) is 11.1 Å². The highest BCUT2D eigenvalue weighted by atomic mass is 16.7. The molecule has 0 aliphatic carbocycles. The fraction of sp³-hybridized carbons (Fsp3) is 0.294. The zero-order valence-corrected chi connectivity index (χ0v) is 23.2. The molecule has 0 saturated carbocycles. The van der Waals surface area contributed by atoms with E-state index in [1.807, 2.05) is 86.6 Å². The van der Waals surface area contributed by atoms with E-state index in [1.54, 1.807) is 24.3 Å². The van der Waals surface area contributed by atoms with Gasteiger partial charge in [-0.1, -0.05) is 48.5 Å². The van der Waals surface area contributed by atoms with Crippen molar-refractivity contribution in [1.29, 1.82) is 0 Å². The summed E-state index contributed by atoms with van der Waals surface area (Å²) in [6.45, 7) is 4.96. The second-order valence-electron chi connectivity index (χ2n) is 9.79. The molecule has 0 aromatic heterocycles. The summed E-state index contributed by atoms with van der Waals surface area (Å²) in [4.78, 5) is 0. The van der Waals surface area contributed by atoms with Gasteiger partial charge in [-0.15, -0.1) is 0 Å². The summed E-state index contributed by atoms with van der Waals surface area (Å²) in [5.41, 5.74) is 4.63. The molecule has 40 heavy (non-hydrogen) atoms. The number of aromatic hydroxyl groups is 2. The summed E-state index contributed by atoms with van der Waals surface area (Å²) in [6.07, 6.45) is 2.63. The van der Waals surface area contributed by atoms with E-state index in [9.17, 15) is 10.2 Å². The molecule has 0 fully saturated rings. The Morgan fingerprint density at radius 3 is 1.10 bits per heavy atom. The van der Waals surface area contributed by atoms with Crippen molar-refractivity contribution in [3.8, 4) is 23.0 Å². The first kappa shape index (κ1) is 29.0. The molecule has 0 aliphatic heterocycles. The summed E-state index contributed by atoms with van der Waals surface area (Å²) >= 11 is 0. The lowest BCUT2D eigenvalue weighted by atomic mass is 10.0. The monoisotopic (exact) mass is 542 g/mol. The highest BCUT2D eigenvalue weighted by Crippen LogP contribution is 2.20. The van der Waals surface area contributed by atoms with Crippen molar-refractivity contribution in [1.82, 2.24) is 0 Å². The first-order chi connectivity index (χ1) is 19.4. The number of hydrogen-bond donors (Lipinski definition) is 2. The standard InChI is InChI=1S/C34H38O6/c1-25(39-33-17-9-29(10-18-33)23-27-5-13-31(35)14-6-27)37-21-3-4-22-38-26(2)40-34-19-11-30(12-20-34)24-28-7-15-32(36)16-8-28/h5-20,25-26,35-36H,3-4,21-24H2,1-2H3. The van der Waals surface area contributed by atoms with Gasteiger partial charge < -0.3 is 29.2 Å². The van der Waals surface area contributed by atoms with Gasteiger partial charge in [0.05, 0.1) is 13.2 Å². The fourth-order valence-electron chi connectivity index (χ4n) is 4.22. The van der Waals surface area contributed by atoms with Gasteiger partial charge in [-0.2, -0.15) is 0 Å². The van der Waals surface area contributed by atoms with Crippen LogP contribution in [0.2, 0.25) is 0 Å². The van der Waals surface area contributed by atoms with Gasteiger partial charge in [0.25, 0.3) is 0 Å². The molecule has 2 unspecified atom stereocenters. The summed E-state index contributed by atoms with van der Waals surface area (Å²) in [5, 5.41) is 18.8. The topological polar surface area (TPSA) is 77.4 Å². The zero-order valence-electron chi connectivity index (χ0n) is 23.2. The maximum absolute atomic E-state index is 9.42. The number of phenolic OH excluding ortho intramolecular Hbond substituents is 2. The Labute approximate surface area is 236 Å². The van der Waals surface area contributed by atoms with Gasteiger partial charge in [-0.3, -0.25) is 0 Å². The molecule has 0 aliphatic rings. The Kier molecular flexibility index (Phi) is 10.8. The van der Waals surface area contributed by atoms with E-state index in [0.29, 0.717) is 13.2 Å². The van der Waals surface area contributed by atoms with Gasteiger partial charge in [0.2, 0.25) is 0 Å². The third kappa shape index (κ3) is 9.95. The summed E-state index contributed by atoms with van der Waals surface area (Å²) < 4.78 is 23.4. The first-order valence-electron chi connectivity index (χ1n) is 13.7. The average molecular weight is 543 g/mol. The Morgan fingerprint density at radius 2 is 0.775 bits per heavy atom. The second-order valence-corrected chi connectivity index (χ2v) is 9.79. The van der Waals surface area contributed by atoms with Gasteiger partial charge in [0, 0.05) is 0 Å². The van der Waals surface area contributed by atoms with Crippen LogP contribution in [0.25, 0.3) is 0 Å². The Morgan fingerprint density at radius 1 is 0.475 bits per heavy atom. The number of unbranched alkanes of at least 4 members (excludes halogenated alkanes) is 1. The van der Waals surface area contributed by atoms with Crippen LogP contribution in [0, 0.1) is 0 Å². The predicted molar refractivity (Wildman–Crippen MR) is 156 cm³/mol. The minimum Gasteiger partial charge on any atom is -0.508 e. The second kappa shape index (κ2) is 15.0. The van der Waals surface area contributed by atoms with Crippen molar-refractivity contribution in [2.75, 3.05) is 13.2 Å². The number of hydrogen-bond acceptors (Lipinski definition) is 6. The summed E-state index contributed by atoms with van der Waals surface area (Å²) in [7, 11) is 0. The predicted octanol–water partition coefficient (Wildman–Crippen LogP) is 7.24. The van der Waals surface area contributed by atoms with Crippen LogP contribution in [0.3, 0.4) is 0 Å². The Bertz CT molecular complexity index is 1170. The molecule has 0 radical (unpaired) electrons. The van der Waals surface area contributed by atoms with Gasteiger partial charge in [0.1, 0.15) is 23.0 Å². The van der Waals surface area contributed by atoms with E-state index in [-0.39, 0.29) is 24.1 Å².